The third-order valence-electron chi connectivity index (χ3n) is 3.66. The molecule has 0 aliphatic carbocycles. The van der Waals surface area contributed by atoms with Crippen LogP contribution in [-0.4, -0.2) is 53.0 Å². The highest BCUT2D eigenvalue weighted by molar-refractivity contribution is 7.09. The number of hydrogen-bond donors (Lipinski definition) is 1. The van der Waals surface area contributed by atoms with E-state index in [4.69, 9.17) is 5.73 Å². The van der Waals surface area contributed by atoms with Crippen LogP contribution >= 0.6 is 11.5 Å². The van der Waals surface area contributed by atoms with E-state index >= 15 is 0 Å². The second kappa shape index (κ2) is 6.89. The molecule has 2 heterocycles. The van der Waals surface area contributed by atoms with Crippen LogP contribution < -0.4 is 10.6 Å². The SMILES string of the molecule is CCCC(CN)N1CCN(c2nc(C(F)(F)F)ns2)CC1. The molecule has 0 radical (unpaired) electrons. The summed E-state index contributed by atoms with van der Waals surface area (Å²) in [6.45, 7) is 5.65. The third-order valence-corrected chi connectivity index (χ3v) is 4.44. The average molecular weight is 323 g/mol. The molecule has 0 saturated carbocycles. The number of nitrogens with two attached hydrogens (primary N) is 1. The van der Waals surface area contributed by atoms with E-state index in [0.29, 0.717) is 30.8 Å². The van der Waals surface area contributed by atoms with E-state index in [1.165, 1.54) is 0 Å². The summed E-state index contributed by atoms with van der Waals surface area (Å²) in [5.41, 5.74) is 5.79. The molecular weight excluding hydrogens is 303 g/mol. The maximum atomic E-state index is 12.5. The molecule has 1 atom stereocenters. The molecule has 0 amide bonds. The molecule has 1 saturated heterocycles. The summed E-state index contributed by atoms with van der Waals surface area (Å²) in [5.74, 6) is -1.05. The van der Waals surface area contributed by atoms with Crippen molar-refractivity contribution in [3.63, 3.8) is 0 Å². The van der Waals surface area contributed by atoms with Crippen LogP contribution in [0.25, 0.3) is 0 Å². The van der Waals surface area contributed by atoms with Crippen LogP contribution in [0.1, 0.15) is 25.6 Å². The quantitative estimate of drug-likeness (QED) is 0.895. The van der Waals surface area contributed by atoms with Gasteiger partial charge in [-0.1, -0.05) is 13.3 Å². The van der Waals surface area contributed by atoms with E-state index in [1.807, 2.05) is 4.90 Å². The van der Waals surface area contributed by atoms with Crippen LogP contribution in [0.2, 0.25) is 0 Å². The summed E-state index contributed by atoms with van der Waals surface area (Å²) >= 11 is 0.810. The maximum absolute atomic E-state index is 12.5. The second-order valence-corrected chi connectivity index (χ2v) is 5.83. The molecule has 2 rings (SSSR count). The van der Waals surface area contributed by atoms with E-state index in [9.17, 15) is 13.2 Å². The molecule has 0 aromatic carbocycles. The lowest BCUT2D eigenvalue weighted by atomic mass is 10.1. The Balaban J connectivity index is 1.93. The van der Waals surface area contributed by atoms with Crippen LogP contribution in [0.4, 0.5) is 18.3 Å². The predicted molar refractivity (Wildman–Crippen MR) is 76.4 cm³/mol. The third kappa shape index (κ3) is 4.04. The molecule has 1 unspecified atom stereocenters. The van der Waals surface area contributed by atoms with Gasteiger partial charge in [0.1, 0.15) is 0 Å². The van der Waals surface area contributed by atoms with Crippen molar-refractivity contribution in [1.82, 2.24) is 14.3 Å². The van der Waals surface area contributed by atoms with Gasteiger partial charge in [-0.3, -0.25) is 4.90 Å². The van der Waals surface area contributed by atoms with Gasteiger partial charge in [0, 0.05) is 50.3 Å². The Labute approximate surface area is 126 Å². The zero-order valence-electron chi connectivity index (χ0n) is 11.9. The van der Waals surface area contributed by atoms with E-state index in [0.717, 1.165) is 37.5 Å². The molecule has 1 aromatic rings. The van der Waals surface area contributed by atoms with Crippen molar-refractivity contribution in [1.29, 1.82) is 0 Å². The highest BCUT2D eigenvalue weighted by Gasteiger charge is 2.37. The molecule has 0 bridgehead atoms. The van der Waals surface area contributed by atoms with Crippen molar-refractivity contribution in [3.05, 3.63) is 5.82 Å². The summed E-state index contributed by atoms with van der Waals surface area (Å²) in [6, 6.07) is 0.359. The molecule has 21 heavy (non-hydrogen) atoms. The Morgan fingerprint density at radius 2 is 1.95 bits per heavy atom. The molecule has 5 nitrogen and oxygen atoms in total. The first-order valence-electron chi connectivity index (χ1n) is 7.05. The number of hydrogen-bond acceptors (Lipinski definition) is 6. The number of aromatic nitrogens is 2. The average Bonchev–Trinajstić information content (AvgIpc) is 2.95. The predicted octanol–water partition coefficient (Wildman–Crippen LogP) is 1.81. The molecule has 1 aromatic heterocycles. The van der Waals surface area contributed by atoms with Gasteiger partial charge in [-0.2, -0.15) is 22.5 Å². The molecule has 0 spiro atoms. The fourth-order valence-corrected chi connectivity index (χ4v) is 3.26. The summed E-state index contributed by atoms with van der Waals surface area (Å²) in [6.07, 6.45) is -2.34. The standard InChI is InChI=1S/C12H20F3N5S/c1-2-3-9(8-16)19-4-6-20(7-5-19)11-17-10(18-21-11)12(13,14)15/h9H,2-8,16H2,1H3. The van der Waals surface area contributed by atoms with Gasteiger partial charge < -0.3 is 10.6 Å². The van der Waals surface area contributed by atoms with Crippen LogP contribution in [0, 0.1) is 0 Å². The highest BCUT2D eigenvalue weighted by atomic mass is 32.1. The van der Waals surface area contributed by atoms with Crippen LogP contribution in [0.5, 0.6) is 0 Å². The van der Waals surface area contributed by atoms with E-state index in [-0.39, 0.29) is 0 Å². The number of halogens is 3. The zero-order valence-corrected chi connectivity index (χ0v) is 12.8. The lowest BCUT2D eigenvalue weighted by Crippen LogP contribution is -2.52. The van der Waals surface area contributed by atoms with Crippen molar-refractivity contribution in [3.8, 4) is 0 Å². The van der Waals surface area contributed by atoms with Crippen molar-refractivity contribution in [2.45, 2.75) is 32.0 Å². The maximum Gasteiger partial charge on any atom is 0.452 e. The fourth-order valence-electron chi connectivity index (χ4n) is 2.52. The first-order chi connectivity index (χ1) is 9.95. The Bertz CT molecular complexity index is 442. The van der Waals surface area contributed by atoms with Crippen LogP contribution in [-0.2, 0) is 6.18 Å². The Morgan fingerprint density at radius 1 is 1.29 bits per heavy atom. The Kier molecular flexibility index (Phi) is 5.39. The van der Waals surface area contributed by atoms with Gasteiger partial charge in [-0.15, -0.1) is 0 Å². The number of anilines is 1. The van der Waals surface area contributed by atoms with E-state index in [1.54, 1.807) is 0 Å². The zero-order chi connectivity index (χ0) is 15.5. The molecule has 1 aliphatic heterocycles. The molecule has 120 valence electrons. The van der Waals surface area contributed by atoms with Crippen molar-refractivity contribution < 1.29 is 13.2 Å². The number of nitrogens with zero attached hydrogens (tertiary/aromatic N) is 4. The Hall–Kier alpha value is -0.930. The largest absolute Gasteiger partial charge is 0.452 e. The summed E-state index contributed by atoms with van der Waals surface area (Å²) in [4.78, 5) is 7.77. The van der Waals surface area contributed by atoms with Gasteiger partial charge in [-0.05, 0) is 6.42 Å². The van der Waals surface area contributed by atoms with Gasteiger partial charge in [0.05, 0.1) is 0 Å². The monoisotopic (exact) mass is 323 g/mol. The topological polar surface area (TPSA) is 58.3 Å². The fraction of sp³-hybridized carbons (Fsp3) is 0.833. The Morgan fingerprint density at radius 3 is 2.43 bits per heavy atom. The van der Waals surface area contributed by atoms with Crippen LogP contribution in [0.3, 0.4) is 0 Å². The van der Waals surface area contributed by atoms with Gasteiger partial charge >= 0.3 is 6.18 Å². The lowest BCUT2D eigenvalue weighted by molar-refractivity contribution is -0.144. The molecule has 2 N–H and O–H groups in total. The number of alkyl halides is 3. The summed E-state index contributed by atoms with van der Waals surface area (Å²) in [7, 11) is 0. The minimum Gasteiger partial charge on any atom is -0.344 e. The molecule has 9 heteroatoms. The molecule has 1 aliphatic rings. The van der Waals surface area contributed by atoms with Crippen LogP contribution in [0.15, 0.2) is 0 Å². The summed E-state index contributed by atoms with van der Waals surface area (Å²) < 4.78 is 40.9. The van der Waals surface area contributed by atoms with Gasteiger partial charge in [0.2, 0.25) is 11.0 Å². The van der Waals surface area contributed by atoms with Gasteiger partial charge in [0.15, 0.2) is 0 Å². The smallest absolute Gasteiger partial charge is 0.344 e. The number of rotatable bonds is 5. The minimum atomic E-state index is -4.47. The van der Waals surface area contributed by atoms with E-state index in [2.05, 4.69) is 21.2 Å². The van der Waals surface area contributed by atoms with Gasteiger partial charge in [-0.25, -0.2) is 0 Å². The summed E-state index contributed by atoms with van der Waals surface area (Å²) in [5, 5.41) is 0.349. The van der Waals surface area contributed by atoms with E-state index < -0.39 is 12.0 Å². The minimum absolute atomic E-state index is 0.349. The molecule has 1 fully saturated rings. The van der Waals surface area contributed by atoms with Crippen molar-refractivity contribution >= 4 is 16.7 Å². The van der Waals surface area contributed by atoms with Gasteiger partial charge in [0.25, 0.3) is 0 Å². The highest BCUT2D eigenvalue weighted by Crippen LogP contribution is 2.30. The second-order valence-electron chi connectivity index (χ2n) is 5.10. The lowest BCUT2D eigenvalue weighted by Gasteiger charge is -2.38. The normalized spacial score (nSPS) is 19.0. The first kappa shape index (κ1) is 16.4. The number of piperazine rings is 1. The van der Waals surface area contributed by atoms with Crippen molar-refractivity contribution in [2.24, 2.45) is 5.73 Å². The van der Waals surface area contributed by atoms with Crippen molar-refractivity contribution in [2.75, 3.05) is 37.6 Å². The molecular formula is C12H20F3N5S. The first-order valence-corrected chi connectivity index (χ1v) is 7.83.